The first-order valence-corrected chi connectivity index (χ1v) is 4.38. The summed E-state index contributed by atoms with van der Waals surface area (Å²) in [6.07, 6.45) is -1.68. The van der Waals surface area contributed by atoms with Gasteiger partial charge in [0.05, 0.1) is 5.56 Å². The minimum Gasteiger partial charge on any atom is -0.328 e. The monoisotopic (exact) mass is 203 g/mol. The van der Waals surface area contributed by atoms with Gasteiger partial charge in [-0.15, -0.1) is 0 Å². The molecule has 0 spiro atoms. The SMILES string of the molecule is FC(F)(F)c1ccccc1.NC1CC1. The molecular weight excluding hydrogens is 191 g/mol. The maximum Gasteiger partial charge on any atom is 0.416 e. The molecule has 1 aromatic carbocycles. The van der Waals surface area contributed by atoms with E-state index in [0.29, 0.717) is 6.04 Å². The van der Waals surface area contributed by atoms with E-state index < -0.39 is 11.7 Å². The van der Waals surface area contributed by atoms with Gasteiger partial charge in [-0.2, -0.15) is 13.2 Å². The predicted octanol–water partition coefficient (Wildman–Crippen LogP) is 2.81. The molecule has 1 saturated carbocycles. The van der Waals surface area contributed by atoms with E-state index in [4.69, 9.17) is 5.73 Å². The molecule has 2 rings (SSSR count). The first-order valence-electron chi connectivity index (χ1n) is 4.38. The Hall–Kier alpha value is -1.03. The van der Waals surface area contributed by atoms with Gasteiger partial charge >= 0.3 is 6.18 Å². The lowest BCUT2D eigenvalue weighted by molar-refractivity contribution is -0.137. The lowest BCUT2D eigenvalue weighted by Gasteiger charge is -2.03. The van der Waals surface area contributed by atoms with E-state index in [1.165, 1.54) is 25.0 Å². The first kappa shape index (κ1) is 11.0. The quantitative estimate of drug-likeness (QED) is 0.689. The van der Waals surface area contributed by atoms with Crippen LogP contribution >= 0.6 is 0 Å². The van der Waals surface area contributed by atoms with Gasteiger partial charge in [-0.1, -0.05) is 30.3 Å². The van der Waals surface area contributed by atoms with Gasteiger partial charge in [0.1, 0.15) is 0 Å². The summed E-state index contributed by atoms with van der Waals surface area (Å²) in [4.78, 5) is 0. The highest BCUT2D eigenvalue weighted by Crippen LogP contribution is 2.28. The highest BCUT2D eigenvalue weighted by atomic mass is 19.4. The molecule has 1 nitrogen and oxygen atoms in total. The second-order valence-corrected chi connectivity index (χ2v) is 3.20. The summed E-state index contributed by atoms with van der Waals surface area (Å²) < 4.78 is 35.4. The van der Waals surface area contributed by atoms with Crippen LogP contribution in [0.15, 0.2) is 30.3 Å². The number of hydrogen-bond donors (Lipinski definition) is 1. The van der Waals surface area contributed by atoms with Crippen molar-refractivity contribution in [3.63, 3.8) is 0 Å². The van der Waals surface area contributed by atoms with Crippen molar-refractivity contribution >= 4 is 0 Å². The Morgan fingerprint density at radius 2 is 1.50 bits per heavy atom. The topological polar surface area (TPSA) is 26.0 Å². The number of benzene rings is 1. The number of alkyl halides is 3. The van der Waals surface area contributed by atoms with E-state index in [9.17, 15) is 13.2 Å². The third kappa shape index (κ3) is 4.28. The van der Waals surface area contributed by atoms with Gasteiger partial charge in [0, 0.05) is 6.04 Å². The molecule has 0 radical (unpaired) electrons. The molecule has 0 atom stereocenters. The van der Waals surface area contributed by atoms with Crippen molar-refractivity contribution in [3.8, 4) is 0 Å². The van der Waals surface area contributed by atoms with Crippen molar-refractivity contribution in [2.24, 2.45) is 5.73 Å². The van der Waals surface area contributed by atoms with E-state index in [-0.39, 0.29) is 0 Å². The molecule has 14 heavy (non-hydrogen) atoms. The van der Waals surface area contributed by atoms with Crippen molar-refractivity contribution in [1.82, 2.24) is 0 Å². The maximum absolute atomic E-state index is 11.8. The van der Waals surface area contributed by atoms with Gasteiger partial charge in [0.15, 0.2) is 0 Å². The summed E-state index contributed by atoms with van der Waals surface area (Å²) in [6, 6.07) is 6.95. The van der Waals surface area contributed by atoms with Crippen molar-refractivity contribution in [1.29, 1.82) is 0 Å². The van der Waals surface area contributed by atoms with Crippen molar-refractivity contribution < 1.29 is 13.2 Å². The van der Waals surface area contributed by atoms with Crippen molar-refractivity contribution in [3.05, 3.63) is 35.9 Å². The number of hydrogen-bond acceptors (Lipinski definition) is 1. The van der Waals surface area contributed by atoms with Gasteiger partial charge in [-0.25, -0.2) is 0 Å². The number of nitrogens with two attached hydrogens (primary N) is 1. The Morgan fingerprint density at radius 3 is 1.71 bits per heavy atom. The van der Waals surface area contributed by atoms with Gasteiger partial charge in [-0.3, -0.25) is 0 Å². The van der Waals surface area contributed by atoms with E-state index >= 15 is 0 Å². The molecule has 1 fully saturated rings. The van der Waals surface area contributed by atoms with Crippen LogP contribution in [0.5, 0.6) is 0 Å². The minimum atomic E-state index is -4.21. The molecule has 0 aromatic heterocycles. The zero-order valence-corrected chi connectivity index (χ0v) is 7.59. The van der Waals surface area contributed by atoms with Crippen molar-refractivity contribution in [2.45, 2.75) is 25.1 Å². The van der Waals surface area contributed by atoms with Gasteiger partial charge in [0.25, 0.3) is 0 Å². The molecule has 0 saturated heterocycles. The van der Waals surface area contributed by atoms with E-state index in [1.54, 1.807) is 6.07 Å². The number of rotatable bonds is 0. The predicted molar refractivity (Wildman–Crippen MR) is 48.7 cm³/mol. The molecule has 4 heteroatoms. The van der Waals surface area contributed by atoms with Crippen LogP contribution in [0.1, 0.15) is 18.4 Å². The highest BCUT2D eigenvalue weighted by molar-refractivity contribution is 5.17. The standard InChI is InChI=1S/C7H5F3.C3H7N/c8-7(9,10)6-4-2-1-3-5-6;4-3-1-2-3/h1-5H;3H,1-2,4H2. The fourth-order valence-electron chi connectivity index (χ4n) is 0.723. The van der Waals surface area contributed by atoms with Gasteiger partial charge in [-0.05, 0) is 12.8 Å². The van der Waals surface area contributed by atoms with Crippen LogP contribution in [0.2, 0.25) is 0 Å². The van der Waals surface area contributed by atoms with Crippen molar-refractivity contribution in [2.75, 3.05) is 0 Å². The zero-order valence-electron chi connectivity index (χ0n) is 7.59. The largest absolute Gasteiger partial charge is 0.416 e. The fraction of sp³-hybridized carbons (Fsp3) is 0.400. The normalized spacial score (nSPS) is 15.7. The first-order chi connectivity index (χ1) is 6.50. The summed E-state index contributed by atoms with van der Waals surface area (Å²) >= 11 is 0. The molecule has 0 bridgehead atoms. The minimum absolute atomic E-state index is 0.583. The Kier molecular flexibility index (Phi) is 3.52. The molecule has 1 aliphatic carbocycles. The van der Waals surface area contributed by atoms with Gasteiger partial charge in [0.2, 0.25) is 0 Å². The molecule has 0 unspecified atom stereocenters. The summed E-state index contributed by atoms with van der Waals surface area (Å²) in [6.45, 7) is 0. The Balaban J connectivity index is 0.000000203. The van der Waals surface area contributed by atoms with E-state index in [1.807, 2.05) is 0 Å². The molecule has 78 valence electrons. The zero-order chi connectivity index (χ0) is 10.6. The molecule has 0 aliphatic heterocycles. The maximum atomic E-state index is 11.8. The molecule has 2 N–H and O–H groups in total. The summed E-state index contributed by atoms with van der Waals surface area (Å²) in [5.41, 5.74) is 4.62. The van der Waals surface area contributed by atoms with Gasteiger partial charge < -0.3 is 5.73 Å². The average Bonchev–Trinajstić information content (AvgIpc) is 2.89. The third-order valence-electron chi connectivity index (χ3n) is 1.72. The lowest BCUT2D eigenvalue weighted by atomic mass is 10.2. The molecule has 1 aromatic rings. The van der Waals surface area contributed by atoms with Crippen LogP contribution in [0.3, 0.4) is 0 Å². The van der Waals surface area contributed by atoms with Crippen LogP contribution in [-0.4, -0.2) is 6.04 Å². The Morgan fingerprint density at radius 1 is 1.07 bits per heavy atom. The lowest BCUT2D eigenvalue weighted by Crippen LogP contribution is -2.03. The average molecular weight is 203 g/mol. The smallest absolute Gasteiger partial charge is 0.328 e. The summed E-state index contributed by atoms with van der Waals surface area (Å²) in [5, 5.41) is 0. The second-order valence-electron chi connectivity index (χ2n) is 3.20. The summed E-state index contributed by atoms with van der Waals surface area (Å²) in [7, 11) is 0. The molecule has 0 amide bonds. The van der Waals surface area contributed by atoms with Crippen LogP contribution < -0.4 is 5.73 Å². The van der Waals surface area contributed by atoms with Crippen LogP contribution in [0.25, 0.3) is 0 Å². The molecular formula is C10H12F3N. The Bertz CT molecular complexity index is 264. The molecule has 0 heterocycles. The fourth-order valence-corrected chi connectivity index (χ4v) is 0.723. The third-order valence-corrected chi connectivity index (χ3v) is 1.72. The number of halogens is 3. The van der Waals surface area contributed by atoms with Crippen LogP contribution in [0.4, 0.5) is 13.2 Å². The van der Waals surface area contributed by atoms with E-state index in [0.717, 1.165) is 12.1 Å². The van der Waals surface area contributed by atoms with Crippen LogP contribution in [-0.2, 0) is 6.18 Å². The van der Waals surface area contributed by atoms with Crippen LogP contribution in [0, 0.1) is 0 Å². The second kappa shape index (κ2) is 4.46. The highest BCUT2D eigenvalue weighted by Gasteiger charge is 2.29. The van der Waals surface area contributed by atoms with E-state index in [2.05, 4.69) is 0 Å². The summed E-state index contributed by atoms with van der Waals surface area (Å²) in [5.74, 6) is 0. The Labute approximate surface area is 80.7 Å². The molecule has 1 aliphatic rings.